The molecule has 1 N–H and O–H groups in total. The Balaban J connectivity index is 2.14. The second kappa shape index (κ2) is 11.7. The highest BCUT2D eigenvalue weighted by Gasteiger charge is 2.27. The van der Waals surface area contributed by atoms with E-state index in [2.05, 4.69) is 26.1 Å². The monoisotopic (exact) mass is 454 g/mol. The van der Waals surface area contributed by atoms with Crippen molar-refractivity contribution >= 4 is 11.8 Å². The van der Waals surface area contributed by atoms with Crippen LogP contribution in [0.4, 0.5) is 0 Å². The lowest BCUT2D eigenvalue weighted by molar-refractivity contribution is -0.142. The van der Waals surface area contributed by atoms with E-state index in [1.165, 1.54) is 5.56 Å². The minimum Gasteiger partial charge on any atom is -0.497 e. The molecule has 0 heterocycles. The number of nitrogens with zero attached hydrogens (tertiary/aromatic N) is 1. The predicted molar refractivity (Wildman–Crippen MR) is 132 cm³/mol. The first kappa shape index (κ1) is 26.2. The van der Waals surface area contributed by atoms with Crippen LogP contribution in [0.15, 0.2) is 48.5 Å². The van der Waals surface area contributed by atoms with Gasteiger partial charge in [-0.05, 0) is 61.1 Å². The van der Waals surface area contributed by atoms with Crippen molar-refractivity contribution in [2.75, 3.05) is 13.7 Å². The molecule has 0 saturated heterocycles. The van der Waals surface area contributed by atoms with Crippen LogP contribution < -0.4 is 14.8 Å². The zero-order valence-electron chi connectivity index (χ0n) is 21.0. The van der Waals surface area contributed by atoms with Crippen molar-refractivity contribution in [2.24, 2.45) is 0 Å². The molecule has 0 spiro atoms. The number of methoxy groups -OCH3 is 1. The molecule has 6 nitrogen and oxygen atoms in total. The third-order valence-electron chi connectivity index (χ3n) is 5.76. The lowest BCUT2D eigenvalue weighted by Crippen LogP contribution is -2.50. The first-order valence-corrected chi connectivity index (χ1v) is 11.5. The third-order valence-corrected chi connectivity index (χ3v) is 5.76. The van der Waals surface area contributed by atoms with Crippen LogP contribution in [-0.4, -0.2) is 42.5 Å². The lowest BCUT2D eigenvalue weighted by Gasteiger charge is -2.29. The summed E-state index contributed by atoms with van der Waals surface area (Å²) in [5.74, 6) is 0.928. The number of benzene rings is 2. The number of ether oxygens (including phenoxy) is 2. The van der Waals surface area contributed by atoms with E-state index in [1.807, 2.05) is 62.4 Å². The summed E-state index contributed by atoms with van der Waals surface area (Å²) in [5, 5.41) is 2.97. The van der Waals surface area contributed by atoms with Gasteiger partial charge in [0.15, 0.2) is 6.61 Å². The van der Waals surface area contributed by atoms with Crippen molar-refractivity contribution in [1.29, 1.82) is 0 Å². The largest absolute Gasteiger partial charge is 0.497 e. The summed E-state index contributed by atoms with van der Waals surface area (Å²) in [7, 11) is 1.61. The minimum atomic E-state index is -0.638. The van der Waals surface area contributed by atoms with Crippen LogP contribution in [-0.2, 0) is 21.5 Å². The van der Waals surface area contributed by atoms with Crippen molar-refractivity contribution < 1.29 is 19.1 Å². The SMILES string of the molecule is CC[C@@H](C)NC(=O)[C@H](C)N(Cc1ccc(OC)cc1)C(=O)COc1ccc(C(C)(C)C)cc1. The zero-order valence-corrected chi connectivity index (χ0v) is 21.0. The van der Waals surface area contributed by atoms with Crippen molar-refractivity contribution in [1.82, 2.24) is 10.2 Å². The van der Waals surface area contributed by atoms with Gasteiger partial charge in [-0.1, -0.05) is 52.0 Å². The number of rotatable bonds is 10. The third kappa shape index (κ3) is 7.81. The van der Waals surface area contributed by atoms with Gasteiger partial charge in [-0.2, -0.15) is 0 Å². The van der Waals surface area contributed by atoms with Crippen LogP contribution in [0, 0.1) is 0 Å². The zero-order chi connectivity index (χ0) is 24.6. The smallest absolute Gasteiger partial charge is 0.261 e. The highest BCUT2D eigenvalue weighted by Crippen LogP contribution is 2.24. The molecule has 0 saturated carbocycles. The maximum absolute atomic E-state index is 13.2. The first-order chi connectivity index (χ1) is 15.5. The average Bonchev–Trinajstić information content (AvgIpc) is 2.80. The Morgan fingerprint density at radius 1 is 0.970 bits per heavy atom. The van der Waals surface area contributed by atoms with E-state index in [-0.39, 0.29) is 29.9 Å². The molecule has 2 amide bonds. The second-order valence-electron chi connectivity index (χ2n) is 9.43. The maximum Gasteiger partial charge on any atom is 0.261 e. The standard InChI is InChI=1S/C27H38N2O4/c1-8-19(2)28-26(31)20(3)29(17-21-9-13-23(32-7)14-10-21)25(30)18-33-24-15-11-22(12-16-24)27(4,5)6/h9-16,19-20H,8,17-18H2,1-7H3,(H,28,31)/t19-,20+/m1/s1. The van der Waals surface area contributed by atoms with Gasteiger partial charge in [-0.3, -0.25) is 9.59 Å². The summed E-state index contributed by atoms with van der Waals surface area (Å²) >= 11 is 0. The number of nitrogens with one attached hydrogen (secondary N) is 1. The Bertz CT molecular complexity index is 901. The Morgan fingerprint density at radius 2 is 1.55 bits per heavy atom. The van der Waals surface area contributed by atoms with Gasteiger partial charge in [-0.15, -0.1) is 0 Å². The molecule has 2 atom stereocenters. The van der Waals surface area contributed by atoms with Gasteiger partial charge in [0.2, 0.25) is 5.91 Å². The molecule has 0 bridgehead atoms. The lowest BCUT2D eigenvalue weighted by atomic mass is 9.87. The van der Waals surface area contributed by atoms with E-state index in [0.717, 1.165) is 17.7 Å². The molecule has 6 heteroatoms. The van der Waals surface area contributed by atoms with E-state index in [1.54, 1.807) is 18.9 Å². The highest BCUT2D eigenvalue weighted by molar-refractivity contribution is 5.88. The molecule has 0 fully saturated rings. The first-order valence-electron chi connectivity index (χ1n) is 11.5. The highest BCUT2D eigenvalue weighted by atomic mass is 16.5. The van der Waals surface area contributed by atoms with E-state index in [9.17, 15) is 9.59 Å². The van der Waals surface area contributed by atoms with Crippen molar-refractivity contribution in [3.05, 3.63) is 59.7 Å². The number of amides is 2. The summed E-state index contributed by atoms with van der Waals surface area (Å²) in [5.41, 5.74) is 2.14. The van der Waals surface area contributed by atoms with E-state index >= 15 is 0 Å². The van der Waals surface area contributed by atoms with Crippen LogP contribution in [0.25, 0.3) is 0 Å². The van der Waals surface area contributed by atoms with Gasteiger partial charge in [0, 0.05) is 12.6 Å². The molecule has 0 aliphatic heterocycles. The Morgan fingerprint density at radius 3 is 2.06 bits per heavy atom. The van der Waals surface area contributed by atoms with Gasteiger partial charge in [0.25, 0.3) is 5.91 Å². The van der Waals surface area contributed by atoms with Gasteiger partial charge in [0.1, 0.15) is 17.5 Å². The van der Waals surface area contributed by atoms with Gasteiger partial charge >= 0.3 is 0 Å². The minimum absolute atomic E-state index is 0.0375. The number of hydrogen-bond acceptors (Lipinski definition) is 4. The normalized spacial score (nSPS) is 13.1. The molecule has 2 aromatic rings. The van der Waals surface area contributed by atoms with E-state index in [0.29, 0.717) is 12.3 Å². The van der Waals surface area contributed by atoms with Crippen LogP contribution in [0.5, 0.6) is 11.5 Å². The molecule has 180 valence electrons. The Hall–Kier alpha value is -3.02. The maximum atomic E-state index is 13.2. The van der Waals surface area contributed by atoms with Crippen molar-refractivity contribution in [2.45, 2.75) is 72.0 Å². The fourth-order valence-electron chi connectivity index (χ4n) is 3.25. The van der Waals surface area contributed by atoms with E-state index in [4.69, 9.17) is 9.47 Å². The fraction of sp³-hybridized carbons (Fsp3) is 0.481. The molecule has 0 radical (unpaired) electrons. The molecule has 0 unspecified atom stereocenters. The van der Waals surface area contributed by atoms with Crippen LogP contribution in [0.2, 0.25) is 0 Å². The molecule has 0 aromatic heterocycles. The Kier molecular flexibility index (Phi) is 9.32. The molecule has 2 rings (SSSR count). The van der Waals surface area contributed by atoms with E-state index < -0.39 is 6.04 Å². The number of hydrogen-bond donors (Lipinski definition) is 1. The molecular formula is C27H38N2O4. The molecule has 2 aromatic carbocycles. The number of carbonyl (C=O) groups excluding carboxylic acids is 2. The average molecular weight is 455 g/mol. The fourth-order valence-corrected chi connectivity index (χ4v) is 3.25. The summed E-state index contributed by atoms with van der Waals surface area (Å²) in [6, 6.07) is 14.6. The summed E-state index contributed by atoms with van der Waals surface area (Å²) in [4.78, 5) is 27.5. The predicted octanol–water partition coefficient (Wildman–Crippen LogP) is 4.70. The van der Waals surface area contributed by atoms with Crippen LogP contribution in [0.3, 0.4) is 0 Å². The summed E-state index contributed by atoms with van der Waals surface area (Å²) < 4.78 is 11.0. The molecule has 33 heavy (non-hydrogen) atoms. The number of carbonyl (C=O) groups is 2. The summed E-state index contributed by atoms with van der Waals surface area (Å²) in [6.07, 6.45) is 0.818. The Labute approximate surface area is 198 Å². The molecular weight excluding hydrogens is 416 g/mol. The summed E-state index contributed by atoms with van der Waals surface area (Å²) in [6.45, 7) is 12.3. The quantitative estimate of drug-likeness (QED) is 0.565. The van der Waals surface area contributed by atoms with Gasteiger partial charge in [-0.25, -0.2) is 0 Å². The topological polar surface area (TPSA) is 67.9 Å². The van der Waals surface area contributed by atoms with Crippen LogP contribution >= 0.6 is 0 Å². The van der Waals surface area contributed by atoms with Gasteiger partial charge < -0.3 is 19.7 Å². The van der Waals surface area contributed by atoms with Crippen molar-refractivity contribution in [3.8, 4) is 11.5 Å². The van der Waals surface area contributed by atoms with Crippen molar-refractivity contribution in [3.63, 3.8) is 0 Å². The van der Waals surface area contributed by atoms with Crippen LogP contribution in [0.1, 0.15) is 59.1 Å². The van der Waals surface area contributed by atoms with Gasteiger partial charge in [0.05, 0.1) is 7.11 Å². The second-order valence-corrected chi connectivity index (χ2v) is 9.43. The molecule has 0 aliphatic rings. The molecule has 0 aliphatic carbocycles.